The summed E-state index contributed by atoms with van der Waals surface area (Å²) in [6, 6.07) is 0.383. The van der Waals surface area contributed by atoms with Crippen LogP contribution in [-0.2, 0) is 6.42 Å². The summed E-state index contributed by atoms with van der Waals surface area (Å²) in [5.74, 6) is 0.912. The van der Waals surface area contributed by atoms with Gasteiger partial charge in [0.2, 0.25) is 0 Å². The second-order valence-electron chi connectivity index (χ2n) is 4.62. The number of hydrogen-bond donors (Lipinski definition) is 0. The molecular formula is C13H23BrN2O. The molecule has 0 spiro atoms. The van der Waals surface area contributed by atoms with Crippen molar-refractivity contribution in [2.75, 3.05) is 7.11 Å². The predicted octanol–water partition coefficient (Wildman–Crippen LogP) is 3.97. The zero-order valence-electron chi connectivity index (χ0n) is 11.2. The smallest absolute Gasteiger partial charge is 0.159 e. The van der Waals surface area contributed by atoms with Gasteiger partial charge in [0.1, 0.15) is 0 Å². The maximum absolute atomic E-state index is 5.37. The largest absolute Gasteiger partial charge is 0.493 e. The Morgan fingerprint density at radius 2 is 2.12 bits per heavy atom. The van der Waals surface area contributed by atoms with E-state index in [0.29, 0.717) is 10.9 Å². The molecule has 1 rings (SSSR count). The highest BCUT2D eigenvalue weighted by Crippen LogP contribution is 2.24. The first-order valence-corrected chi connectivity index (χ1v) is 7.26. The number of rotatable bonds is 7. The molecule has 4 heteroatoms. The van der Waals surface area contributed by atoms with Gasteiger partial charge in [0.15, 0.2) is 5.75 Å². The minimum atomic E-state index is 0.383. The van der Waals surface area contributed by atoms with Crippen molar-refractivity contribution in [2.45, 2.75) is 57.3 Å². The Morgan fingerprint density at radius 3 is 2.65 bits per heavy atom. The van der Waals surface area contributed by atoms with Crippen LogP contribution in [0.4, 0.5) is 0 Å². The van der Waals surface area contributed by atoms with Gasteiger partial charge in [-0.1, -0.05) is 29.3 Å². The van der Waals surface area contributed by atoms with Crippen LogP contribution in [0.2, 0.25) is 0 Å². The fraction of sp³-hybridized carbons (Fsp3) is 0.769. The van der Waals surface area contributed by atoms with E-state index in [0.717, 1.165) is 18.6 Å². The van der Waals surface area contributed by atoms with Crippen molar-refractivity contribution in [3.63, 3.8) is 0 Å². The first kappa shape index (κ1) is 14.6. The lowest BCUT2D eigenvalue weighted by atomic mass is 10.1. The molecule has 0 N–H and O–H groups in total. The number of aromatic nitrogens is 2. The first-order chi connectivity index (χ1) is 8.10. The predicted molar refractivity (Wildman–Crippen MR) is 75.1 cm³/mol. The first-order valence-electron chi connectivity index (χ1n) is 6.34. The van der Waals surface area contributed by atoms with E-state index in [9.17, 15) is 0 Å². The van der Waals surface area contributed by atoms with E-state index in [4.69, 9.17) is 4.74 Å². The molecule has 1 heterocycles. The number of ether oxygens (including phenoxy) is 1. The molecule has 1 atom stereocenters. The fourth-order valence-corrected chi connectivity index (χ4v) is 2.66. The van der Waals surface area contributed by atoms with E-state index in [-0.39, 0.29) is 0 Å². The molecule has 17 heavy (non-hydrogen) atoms. The number of halogens is 1. The monoisotopic (exact) mass is 302 g/mol. The van der Waals surface area contributed by atoms with Crippen LogP contribution in [0.1, 0.15) is 51.8 Å². The molecular weight excluding hydrogens is 280 g/mol. The number of hydrogen-bond acceptors (Lipinski definition) is 2. The third-order valence-corrected chi connectivity index (χ3v) is 3.78. The second kappa shape index (κ2) is 7.04. The molecule has 1 aromatic heterocycles. The van der Waals surface area contributed by atoms with Crippen molar-refractivity contribution >= 4 is 15.9 Å². The van der Waals surface area contributed by atoms with E-state index < -0.39 is 0 Å². The maximum Gasteiger partial charge on any atom is 0.159 e. The third-order valence-electron chi connectivity index (χ3n) is 2.87. The summed E-state index contributed by atoms with van der Waals surface area (Å²) < 4.78 is 7.43. The van der Waals surface area contributed by atoms with Crippen molar-refractivity contribution in [1.82, 2.24) is 9.78 Å². The minimum Gasteiger partial charge on any atom is -0.493 e. The second-order valence-corrected chi connectivity index (χ2v) is 5.92. The molecule has 0 amide bonds. The molecule has 0 radical (unpaired) electrons. The van der Waals surface area contributed by atoms with E-state index in [2.05, 4.69) is 46.5 Å². The number of nitrogens with zero attached hydrogens (tertiary/aromatic N) is 2. The molecule has 0 aliphatic carbocycles. The highest BCUT2D eigenvalue weighted by Gasteiger charge is 2.14. The molecule has 0 bridgehead atoms. The molecule has 0 aliphatic rings. The fourth-order valence-electron chi connectivity index (χ4n) is 1.98. The highest BCUT2D eigenvalue weighted by molar-refractivity contribution is 9.09. The highest BCUT2D eigenvalue weighted by atomic mass is 79.9. The van der Waals surface area contributed by atoms with Crippen LogP contribution >= 0.6 is 15.9 Å². The standard InChI is InChI=1S/C13H23BrN2O/c1-5-6-11(14)7-8-12-13(17-4)9-15-16(12)10(2)3/h9-11H,5-8H2,1-4H3. The van der Waals surface area contributed by atoms with Crippen LogP contribution in [0.15, 0.2) is 6.20 Å². The van der Waals surface area contributed by atoms with Crippen LogP contribution < -0.4 is 4.74 Å². The van der Waals surface area contributed by atoms with Gasteiger partial charge in [0.25, 0.3) is 0 Å². The van der Waals surface area contributed by atoms with Gasteiger partial charge in [-0.25, -0.2) is 0 Å². The lowest BCUT2D eigenvalue weighted by molar-refractivity contribution is 0.403. The van der Waals surface area contributed by atoms with Gasteiger partial charge in [-0.05, 0) is 33.1 Å². The van der Waals surface area contributed by atoms with Crippen molar-refractivity contribution < 1.29 is 4.74 Å². The lowest BCUT2D eigenvalue weighted by Gasteiger charge is -2.14. The van der Waals surface area contributed by atoms with Gasteiger partial charge in [-0.3, -0.25) is 4.68 Å². The average Bonchev–Trinajstić information content (AvgIpc) is 2.69. The summed E-state index contributed by atoms with van der Waals surface area (Å²) in [6.45, 7) is 6.51. The van der Waals surface area contributed by atoms with Gasteiger partial charge in [-0.2, -0.15) is 5.10 Å². The lowest BCUT2D eigenvalue weighted by Crippen LogP contribution is -2.10. The van der Waals surface area contributed by atoms with Crippen LogP contribution in [0.3, 0.4) is 0 Å². The Bertz CT molecular complexity index is 336. The molecule has 0 aromatic carbocycles. The minimum absolute atomic E-state index is 0.383. The normalized spacial score (nSPS) is 13.1. The van der Waals surface area contributed by atoms with Gasteiger partial charge in [0.05, 0.1) is 19.0 Å². The summed E-state index contributed by atoms with van der Waals surface area (Å²) >= 11 is 3.72. The number of methoxy groups -OCH3 is 1. The summed E-state index contributed by atoms with van der Waals surface area (Å²) in [5.41, 5.74) is 1.21. The molecule has 0 fully saturated rings. The molecule has 0 saturated carbocycles. The van der Waals surface area contributed by atoms with Crippen molar-refractivity contribution in [2.24, 2.45) is 0 Å². The van der Waals surface area contributed by atoms with Crippen LogP contribution in [0, 0.1) is 0 Å². The SMILES string of the molecule is CCCC(Br)CCc1c(OC)cnn1C(C)C. The van der Waals surface area contributed by atoms with E-state index >= 15 is 0 Å². The quantitative estimate of drug-likeness (QED) is 0.713. The van der Waals surface area contributed by atoms with Crippen LogP contribution in [0.25, 0.3) is 0 Å². The summed E-state index contributed by atoms with van der Waals surface area (Å²) in [7, 11) is 1.71. The zero-order chi connectivity index (χ0) is 12.8. The third kappa shape index (κ3) is 4.02. The Labute approximate surface area is 113 Å². The Kier molecular flexibility index (Phi) is 6.03. The van der Waals surface area contributed by atoms with E-state index in [1.54, 1.807) is 7.11 Å². The molecule has 1 aromatic rings. The molecule has 98 valence electrons. The number of alkyl halides is 1. The van der Waals surface area contributed by atoms with Gasteiger partial charge >= 0.3 is 0 Å². The van der Waals surface area contributed by atoms with Crippen LogP contribution in [0.5, 0.6) is 5.75 Å². The Balaban J connectivity index is 2.70. The van der Waals surface area contributed by atoms with Crippen molar-refractivity contribution in [3.05, 3.63) is 11.9 Å². The van der Waals surface area contributed by atoms with E-state index in [1.165, 1.54) is 18.5 Å². The van der Waals surface area contributed by atoms with Crippen LogP contribution in [-0.4, -0.2) is 21.7 Å². The molecule has 1 unspecified atom stereocenters. The van der Waals surface area contributed by atoms with E-state index in [1.807, 2.05) is 6.20 Å². The zero-order valence-corrected chi connectivity index (χ0v) is 12.8. The van der Waals surface area contributed by atoms with Gasteiger partial charge in [0, 0.05) is 10.9 Å². The molecule has 3 nitrogen and oxygen atoms in total. The Hall–Kier alpha value is -0.510. The molecule has 0 saturated heterocycles. The van der Waals surface area contributed by atoms with Gasteiger partial charge in [-0.15, -0.1) is 0 Å². The Morgan fingerprint density at radius 1 is 1.41 bits per heavy atom. The van der Waals surface area contributed by atoms with Crippen molar-refractivity contribution in [3.8, 4) is 5.75 Å². The summed E-state index contributed by atoms with van der Waals surface area (Å²) in [5, 5.41) is 4.39. The maximum atomic E-state index is 5.37. The summed E-state index contributed by atoms with van der Waals surface area (Å²) in [6.07, 6.45) is 6.40. The summed E-state index contributed by atoms with van der Waals surface area (Å²) in [4.78, 5) is 0.590. The average molecular weight is 303 g/mol. The van der Waals surface area contributed by atoms with Crippen molar-refractivity contribution in [1.29, 1.82) is 0 Å². The topological polar surface area (TPSA) is 27.1 Å². The molecule has 0 aliphatic heterocycles. The van der Waals surface area contributed by atoms with Gasteiger partial charge < -0.3 is 4.74 Å².